The van der Waals surface area contributed by atoms with E-state index in [-0.39, 0.29) is 65.7 Å². The van der Waals surface area contributed by atoms with Gasteiger partial charge in [-0.05, 0) is 74.0 Å². The van der Waals surface area contributed by atoms with Gasteiger partial charge in [-0.15, -0.1) is 0 Å². The molecular weight excluding hydrogens is 719 g/mol. The molecule has 0 spiro atoms. The largest absolute Gasteiger partial charge is 0.508 e. The number of carbonyl (C=O) groups excluding carboxylic acids is 5. The molecule has 0 saturated carbocycles. The summed E-state index contributed by atoms with van der Waals surface area (Å²) in [6, 6.07) is 8.76. The molecular formula is C42H57N3O9Si. The summed E-state index contributed by atoms with van der Waals surface area (Å²) in [4.78, 5) is 69.6. The van der Waals surface area contributed by atoms with Gasteiger partial charge in [-0.2, -0.15) is 0 Å². The van der Waals surface area contributed by atoms with Gasteiger partial charge < -0.3 is 29.2 Å². The maximum atomic E-state index is 14.3. The zero-order chi connectivity index (χ0) is 41.0. The number of aryl methyl sites for hydroxylation is 1. The Kier molecular flexibility index (Phi) is 13.6. The molecule has 4 rings (SSSR count). The van der Waals surface area contributed by atoms with E-state index in [1.54, 1.807) is 49.1 Å². The molecule has 3 amide bonds. The van der Waals surface area contributed by atoms with E-state index in [0.717, 1.165) is 5.57 Å². The number of carbonyl (C=O) groups is 5. The number of ether oxygens (including phenoxy) is 2. The number of rotatable bonds is 14. The Morgan fingerprint density at radius 2 is 1.67 bits per heavy atom. The van der Waals surface area contributed by atoms with E-state index < -0.39 is 50.5 Å². The topological polar surface area (TPSA) is 152 Å². The van der Waals surface area contributed by atoms with Crippen LogP contribution < -0.4 is 10.2 Å². The van der Waals surface area contributed by atoms with E-state index in [2.05, 4.69) is 45.8 Å². The Labute approximate surface area is 326 Å². The number of ketones is 1. The normalized spacial score (nSPS) is 18.1. The number of nitrogens with zero attached hydrogens (tertiary/aromatic N) is 2. The summed E-state index contributed by atoms with van der Waals surface area (Å²) >= 11 is 0. The highest BCUT2D eigenvalue weighted by Crippen LogP contribution is 2.44. The van der Waals surface area contributed by atoms with Gasteiger partial charge in [-0.3, -0.25) is 19.2 Å². The Hall–Kier alpha value is -4.75. The van der Waals surface area contributed by atoms with Crippen molar-refractivity contribution in [3.05, 3.63) is 83.1 Å². The number of Topliss-reactive ketones (excluding diaryl/α,β-unsaturated/α-hetero) is 1. The van der Waals surface area contributed by atoms with Gasteiger partial charge >= 0.3 is 12.1 Å². The Balaban J connectivity index is 1.50. The minimum absolute atomic E-state index is 0.0501. The molecule has 0 fully saturated rings. The molecule has 298 valence electrons. The highest BCUT2D eigenvalue weighted by molar-refractivity contribution is 6.74. The first-order chi connectivity index (χ1) is 25.6. The number of aromatic hydroxyl groups is 1. The predicted molar refractivity (Wildman–Crippen MR) is 213 cm³/mol. The van der Waals surface area contributed by atoms with Crippen LogP contribution in [0.3, 0.4) is 0 Å². The van der Waals surface area contributed by atoms with Crippen LogP contribution in [0.2, 0.25) is 18.1 Å². The van der Waals surface area contributed by atoms with Gasteiger partial charge in [0, 0.05) is 18.7 Å². The van der Waals surface area contributed by atoms with Crippen molar-refractivity contribution in [1.29, 1.82) is 0 Å². The predicted octanol–water partition coefficient (Wildman–Crippen LogP) is 7.33. The summed E-state index contributed by atoms with van der Waals surface area (Å²) in [7, 11) is -2.54. The number of hydrogen-bond acceptors (Lipinski definition) is 9. The van der Waals surface area contributed by atoms with Crippen LogP contribution in [-0.2, 0) is 41.3 Å². The number of benzene rings is 2. The minimum atomic E-state index is -2.54. The van der Waals surface area contributed by atoms with Gasteiger partial charge in [0.15, 0.2) is 20.3 Å². The standard InChI is InChI=1S/C42H57N3O9Si/c1-12-17-52-37(48)21-31(25(2)3)38(49)43-28(6)36(47)20-29-13-15-30(16-14-29)24-53-41(51)45-33-22-35(46)27(5)19-32(33)39(50)44-23-26(4)18-34(44)40(45)54-55(10,11)42(7,8)9/h12-16,19,22-23,25,28,31,34,40,46H,1,17-18,20-21,24H2,2-11H3,(H,43,49)/t28-,31-,34-,40-/m0/s1. The zero-order valence-corrected chi connectivity index (χ0v) is 34.9. The molecule has 0 saturated heterocycles. The first kappa shape index (κ1) is 43.0. The molecule has 0 radical (unpaired) electrons. The molecule has 0 aliphatic carbocycles. The van der Waals surface area contributed by atoms with Crippen LogP contribution in [0, 0.1) is 18.8 Å². The van der Waals surface area contributed by atoms with Crippen LogP contribution in [0.1, 0.15) is 88.4 Å². The molecule has 4 atom stereocenters. The fourth-order valence-corrected chi connectivity index (χ4v) is 7.54. The lowest BCUT2D eigenvalue weighted by atomic mass is 9.91. The van der Waals surface area contributed by atoms with Crippen LogP contribution in [0.25, 0.3) is 0 Å². The number of phenolic OH excluding ortho intramolecular Hbond substituents is 1. The first-order valence-electron chi connectivity index (χ1n) is 18.8. The summed E-state index contributed by atoms with van der Waals surface area (Å²) in [6.45, 7) is 22.9. The number of amides is 3. The number of fused-ring (bicyclic) bond motifs is 2. The second kappa shape index (κ2) is 17.4. The van der Waals surface area contributed by atoms with E-state index >= 15 is 0 Å². The molecule has 2 N–H and O–H groups in total. The van der Waals surface area contributed by atoms with Gasteiger partial charge in [0.1, 0.15) is 19.0 Å². The average molecular weight is 776 g/mol. The summed E-state index contributed by atoms with van der Waals surface area (Å²) in [5, 5.41) is 13.3. The number of anilines is 1. The number of hydrogen-bond donors (Lipinski definition) is 2. The molecule has 0 bridgehead atoms. The number of nitrogens with one attached hydrogen (secondary N) is 1. The molecule has 0 aromatic heterocycles. The third kappa shape index (κ3) is 10.1. The quantitative estimate of drug-likeness (QED) is 0.114. The van der Waals surface area contributed by atoms with E-state index in [0.29, 0.717) is 23.1 Å². The summed E-state index contributed by atoms with van der Waals surface area (Å²) < 4.78 is 17.9. The second-order valence-corrected chi connectivity index (χ2v) is 21.3. The van der Waals surface area contributed by atoms with Crippen molar-refractivity contribution in [3.8, 4) is 5.75 Å². The smallest absolute Gasteiger partial charge is 0.416 e. The van der Waals surface area contributed by atoms with Crippen molar-refractivity contribution in [3.63, 3.8) is 0 Å². The fourth-order valence-electron chi connectivity index (χ4n) is 6.32. The van der Waals surface area contributed by atoms with Crippen molar-refractivity contribution in [2.24, 2.45) is 11.8 Å². The maximum Gasteiger partial charge on any atom is 0.416 e. The van der Waals surface area contributed by atoms with Crippen molar-refractivity contribution < 1.29 is 43.0 Å². The third-order valence-electron chi connectivity index (χ3n) is 10.8. The van der Waals surface area contributed by atoms with E-state index in [4.69, 9.17) is 13.9 Å². The van der Waals surface area contributed by atoms with Crippen molar-refractivity contribution in [1.82, 2.24) is 10.2 Å². The van der Waals surface area contributed by atoms with Gasteiger partial charge in [0.2, 0.25) is 5.91 Å². The first-order valence-corrected chi connectivity index (χ1v) is 21.7. The molecule has 55 heavy (non-hydrogen) atoms. The lowest BCUT2D eigenvalue weighted by Gasteiger charge is -2.44. The monoisotopic (exact) mass is 775 g/mol. The van der Waals surface area contributed by atoms with E-state index in [9.17, 15) is 29.1 Å². The molecule has 2 aliphatic heterocycles. The zero-order valence-electron chi connectivity index (χ0n) is 33.9. The minimum Gasteiger partial charge on any atom is -0.508 e. The van der Waals surface area contributed by atoms with Gasteiger partial charge in [0.25, 0.3) is 5.91 Å². The molecule has 13 heteroatoms. The van der Waals surface area contributed by atoms with E-state index in [1.807, 2.05) is 27.0 Å². The SMILES string of the molecule is C=CCOC(=O)C[C@H](C(=O)N[C@@H](C)C(=O)Cc1ccc(COC(=O)N2c3cc(O)c(C)cc3C(=O)N3C=C(C)C[C@H]3[C@@H]2O[Si](C)(C)C(C)(C)C)cc1)C(C)C. The summed E-state index contributed by atoms with van der Waals surface area (Å²) in [5.74, 6) is -2.27. The molecule has 2 aromatic rings. The van der Waals surface area contributed by atoms with Crippen LogP contribution in [0.4, 0.5) is 10.5 Å². The van der Waals surface area contributed by atoms with Crippen molar-refractivity contribution >= 4 is 43.7 Å². The highest BCUT2D eigenvalue weighted by Gasteiger charge is 2.50. The molecule has 0 unspecified atom stereocenters. The van der Waals surface area contributed by atoms with Gasteiger partial charge in [0.05, 0.1) is 35.7 Å². The maximum absolute atomic E-state index is 14.3. The van der Waals surface area contributed by atoms with Crippen LogP contribution >= 0.6 is 0 Å². The lowest BCUT2D eigenvalue weighted by Crippen LogP contribution is -2.57. The van der Waals surface area contributed by atoms with Crippen molar-refractivity contribution in [2.45, 2.75) is 118 Å². The van der Waals surface area contributed by atoms with Crippen LogP contribution in [-0.4, -0.2) is 72.9 Å². The Morgan fingerprint density at radius 1 is 1.04 bits per heavy atom. The molecule has 2 aliphatic rings. The van der Waals surface area contributed by atoms with Gasteiger partial charge in [-0.1, -0.05) is 77.1 Å². The lowest BCUT2D eigenvalue weighted by molar-refractivity contribution is -0.146. The highest BCUT2D eigenvalue weighted by atomic mass is 28.4. The van der Waals surface area contributed by atoms with Crippen LogP contribution in [0.15, 0.2) is 60.8 Å². The van der Waals surface area contributed by atoms with Gasteiger partial charge in [-0.25, -0.2) is 9.69 Å². The Morgan fingerprint density at radius 3 is 2.27 bits per heavy atom. The fraction of sp³-hybridized carbons (Fsp3) is 0.500. The molecule has 2 aromatic carbocycles. The van der Waals surface area contributed by atoms with Crippen LogP contribution in [0.5, 0.6) is 5.75 Å². The Bertz CT molecular complexity index is 1830. The number of esters is 1. The molecule has 12 nitrogen and oxygen atoms in total. The second-order valence-electron chi connectivity index (χ2n) is 16.5. The number of phenols is 1. The summed E-state index contributed by atoms with van der Waals surface area (Å²) in [6.07, 6.45) is 2.09. The van der Waals surface area contributed by atoms with Crippen molar-refractivity contribution in [2.75, 3.05) is 11.5 Å². The average Bonchev–Trinajstić information content (AvgIpc) is 3.47. The summed E-state index contributed by atoms with van der Waals surface area (Å²) in [5.41, 5.74) is 3.31. The third-order valence-corrected chi connectivity index (χ3v) is 15.2. The molecule has 2 heterocycles. The van der Waals surface area contributed by atoms with E-state index in [1.165, 1.54) is 17.0 Å².